The minimum absolute atomic E-state index is 0.00222. The molecule has 1 amide bonds. The van der Waals surface area contributed by atoms with Crippen LogP contribution in [0.3, 0.4) is 0 Å². The summed E-state index contributed by atoms with van der Waals surface area (Å²) < 4.78 is 7.68. The molecule has 25 heavy (non-hydrogen) atoms. The predicted octanol–water partition coefficient (Wildman–Crippen LogP) is 4.19. The minimum atomic E-state index is -0.00222. The molecule has 2 N–H and O–H groups in total. The zero-order chi connectivity index (χ0) is 17.8. The number of unbranched alkanes of at least 4 members (excludes halogenated alkanes) is 1. The summed E-state index contributed by atoms with van der Waals surface area (Å²) in [6.45, 7) is 4.99. The van der Waals surface area contributed by atoms with Crippen molar-refractivity contribution in [1.82, 2.24) is 14.8 Å². The molecule has 0 fully saturated rings. The van der Waals surface area contributed by atoms with Crippen molar-refractivity contribution in [2.24, 2.45) is 0 Å². The summed E-state index contributed by atoms with van der Waals surface area (Å²) >= 11 is 0. The lowest BCUT2D eigenvalue weighted by molar-refractivity contribution is -0.116. The van der Waals surface area contributed by atoms with Crippen molar-refractivity contribution in [2.45, 2.75) is 39.7 Å². The molecular formula is C19H24N4O2. The summed E-state index contributed by atoms with van der Waals surface area (Å²) in [7, 11) is 1.68. The minimum Gasteiger partial charge on any atom is -0.496 e. The number of nitrogens with zero attached hydrogens (tertiary/aromatic N) is 2. The van der Waals surface area contributed by atoms with Gasteiger partial charge in [0.25, 0.3) is 0 Å². The number of aromatic nitrogens is 3. The number of aromatic amines is 1. The first kappa shape index (κ1) is 17.1. The van der Waals surface area contributed by atoms with E-state index in [-0.39, 0.29) is 5.91 Å². The molecule has 1 aromatic carbocycles. The first-order chi connectivity index (χ1) is 12.2. The van der Waals surface area contributed by atoms with E-state index < -0.39 is 0 Å². The Hall–Kier alpha value is -2.76. The fourth-order valence-corrected chi connectivity index (χ4v) is 3.06. The molecular weight excluding hydrogens is 316 g/mol. The Morgan fingerprint density at radius 3 is 2.88 bits per heavy atom. The van der Waals surface area contributed by atoms with Gasteiger partial charge in [-0.05, 0) is 31.5 Å². The lowest BCUT2D eigenvalue weighted by Gasteiger charge is -2.06. The van der Waals surface area contributed by atoms with Gasteiger partial charge in [-0.3, -0.25) is 9.89 Å². The van der Waals surface area contributed by atoms with Crippen molar-refractivity contribution in [2.75, 3.05) is 12.4 Å². The first-order valence-corrected chi connectivity index (χ1v) is 8.69. The number of aryl methyl sites for hydroxylation is 1. The standard InChI is InChI=1S/C19H24N4O2/c1-4-6-10-19(24)20-18-12-14(21-22-18)16-11-13-15(23(16)5-2)8-7-9-17(13)25-3/h7-9,11-12H,4-6,10H2,1-3H3,(H2,20,21,22,24). The van der Waals surface area contributed by atoms with Gasteiger partial charge < -0.3 is 14.6 Å². The lowest BCUT2D eigenvalue weighted by Crippen LogP contribution is -2.11. The number of rotatable bonds is 7. The number of H-pyrrole nitrogens is 1. The Morgan fingerprint density at radius 1 is 1.32 bits per heavy atom. The Morgan fingerprint density at radius 2 is 2.16 bits per heavy atom. The Kier molecular flexibility index (Phi) is 5.07. The number of benzene rings is 1. The molecule has 3 aromatic rings. The van der Waals surface area contributed by atoms with Gasteiger partial charge in [-0.1, -0.05) is 19.4 Å². The van der Waals surface area contributed by atoms with Gasteiger partial charge in [0.2, 0.25) is 5.91 Å². The molecule has 132 valence electrons. The number of methoxy groups -OCH3 is 1. The van der Waals surface area contributed by atoms with E-state index in [1.54, 1.807) is 7.11 Å². The molecule has 0 aliphatic rings. The number of fused-ring (bicyclic) bond motifs is 1. The van der Waals surface area contributed by atoms with Crippen molar-refractivity contribution in [3.8, 4) is 17.1 Å². The van der Waals surface area contributed by atoms with Crippen molar-refractivity contribution in [3.05, 3.63) is 30.3 Å². The van der Waals surface area contributed by atoms with Crippen molar-refractivity contribution >= 4 is 22.6 Å². The maximum atomic E-state index is 11.9. The molecule has 6 heteroatoms. The molecule has 2 heterocycles. The van der Waals surface area contributed by atoms with Crippen LogP contribution in [0.4, 0.5) is 5.82 Å². The van der Waals surface area contributed by atoms with Crippen LogP contribution in [-0.4, -0.2) is 27.8 Å². The molecule has 0 aliphatic heterocycles. The van der Waals surface area contributed by atoms with Gasteiger partial charge in [-0.15, -0.1) is 0 Å². The van der Waals surface area contributed by atoms with Crippen LogP contribution in [-0.2, 0) is 11.3 Å². The predicted molar refractivity (Wildman–Crippen MR) is 99.9 cm³/mol. The van der Waals surface area contributed by atoms with E-state index in [2.05, 4.69) is 46.1 Å². The van der Waals surface area contributed by atoms with Crippen LogP contribution in [0.5, 0.6) is 5.75 Å². The fourth-order valence-electron chi connectivity index (χ4n) is 3.06. The third kappa shape index (κ3) is 3.38. The Bertz CT molecular complexity index is 879. The highest BCUT2D eigenvalue weighted by Gasteiger charge is 2.15. The van der Waals surface area contributed by atoms with Gasteiger partial charge in [0.15, 0.2) is 5.82 Å². The molecule has 0 bridgehead atoms. The average Bonchev–Trinajstić information content (AvgIpc) is 3.23. The summed E-state index contributed by atoms with van der Waals surface area (Å²) in [5, 5.41) is 11.2. The highest BCUT2D eigenvalue weighted by molar-refractivity contribution is 5.93. The molecule has 6 nitrogen and oxygen atoms in total. The van der Waals surface area contributed by atoms with E-state index in [4.69, 9.17) is 4.74 Å². The molecule has 0 aliphatic carbocycles. The second kappa shape index (κ2) is 7.42. The van der Waals surface area contributed by atoms with Crippen molar-refractivity contribution < 1.29 is 9.53 Å². The number of amides is 1. The van der Waals surface area contributed by atoms with Gasteiger partial charge in [0.05, 0.1) is 24.0 Å². The Balaban J connectivity index is 1.93. The average molecular weight is 340 g/mol. The summed E-state index contributed by atoms with van der Waals surface area (Å²) in [6.07, 6.45) is 2.40. The van der Waals surface area contributed by atoms with Gasteiger partial charge in [0.1, 0.15) is 5.75 Å². The third-order valence-electron chi connectivity index (χ3n) is 4.32. The maximum Gasteiger partial charge on any atom is 0.225 e. The van der Waals surface area contributed by atoms with Crippen LogP contribution in [0.1, 0.15) is 33.1 Å². The lowest BCUT2D eigenvalue weighted by atomic mass is 10.2. The third-order valence-corrected chi connectivity index (χ3v) is 4.32. The number of hydrogen-bond acceptors (Lipinski definition) is 3. The zero-order valence-corrected chi connectivity index (χ0v) is 14.9. The van der Waals surface area contributed by atoms with Crippen LogP contribution in [0.15, 0.2) is 30.3 Å². The van der Waals surface area contributed by atoms with Gasteiger partial charge in [0, 0.05) is 24.4 Å². The van der Waals surface area contributed by atoms with Gasteiger partial charge in [-0.25, -0.2) is 0 Å². The van der Waals surface area contributed by atoms with Crippen molar-refractivity contribution in [1.29, 1.82) is 0 Å². The first-order valence-electron chi connectivity index (χ1n) is 8.69. The summed E-state index contributed by atoms with van der Waals surface area (Å²) in [5.74, 6) is 1.40. The van der Waals surface area contributed by atoms with Crippen LogP contribution < -0.4 is 10.1 Å². The maximum absolute atomic E-state index is 11.9. The molecule has 3 rings (SSSR count). The van der Waals surface area contributed by atoms with Crippen molar-refractivity contribution in [3.63, 3.8) is 0 Å². The summed E-state index contributed by atoms with van der Waals surface area (Å²) in [4.78, 5) is 11.9. The van der Waals surface area contributed by atoms with Gasteiger partial charge >= 0.3 is 0 Å². The van der Waals surface area contributed by atoms with Crippen LogP contribution >= 0.6 is 0 Å². The monoisotopic (exact) mass is 340 g/mol. The van der Waals surface area contributed by atoms with E-state index in [1.807, 2.05) is 18.2 Å². The zero-order valence-electron chi connectivity index (χ0n) is 14.9. The second-order valence-corrected chi connectivity index (χ2v) is 5.99. The molecule has 2 aromatic heterocycles. The SMILES string of the molecule is CCCCC(=O)Nc1cc(-c2cc3c(OC)cccc3n2CC)[nH]n1. The van der Waals surface area contributed by atoms with Crippen LogP contribution in [0.2, 0.25) is 0 Å². The number of carbonyl (C=O) groups is 1. The van der Waals surface area contributed by atoms with E-state index in [9.17, 15) is 4.79 Å². The van der Waals surface area contributed by atoms with Crippen LogP contribution in [0.25, 0.3) is 22.3 Å². The molecule has 0 radical (unpaired) electrons. The Labute approximate surface area is 147 Å². The molecule has 0 saturated heterocycles. The molecule has 0 spiro atoms. The van der Waals surface area contributed by atoms with Crippen LogP contribution in [0, 0.1) is 0 Å². The molecule has 0 unspecified atom stereocenters. The second-order valence-electron chi connectivity index (χ2n) is 5.99. The fraction of sp³-hybridized carbons (Fsp3) is 0.368. The number of nitrogens with one attached hydrogen (secondary N) is 2. The molecule has 0 atom stereocenters. The van der Waals surface area contributed by atoms with E-state index >= 15 is 0 Å². The van der Waals surface area contributed by atoms with E-state index in [1.165, 1.54) is 0 Å². The number of carbonyl (C=O) groups excluding carboxylic acids is 1. The smallest absolute Gasteiger partial charge is 0.225 e. The van der Waals surface area contributed by atoms with Gasteiger partial charge in [-0.2, -0.15) is 5.10 Å². The normalized spacial score (nSPS) is 11.0. The number of ether oxygens (including phenoxy) is 1. The number of anilines is 1. The summed E-state index contributed by atoms with van der Waals surface area (Å²) in [5.41, 5.74) is 2.99. The topological polar surface area (TPSA) is 71.9 Å². The number of hydrogen-bond donors (Lipinski definition) is 2. The van der Waals surface area contributed by atoms with E-state index in [0.717, 1.165) is 47.4 Å². The highest BCUT2D eigenvalue weighted by Crippen LogP contribution is 2.33. The van der Waals surface area contributed by atoms with E-state index in [0.29, 0.717) is 12.2 Å². The highest BCUT2D eigenvalue weighted by atomic mass is 16.5. The molecule has 0 saturated carbocycles. The summed E-state index contributed by atoms with van der Waals surface area (Å²) in [6, 6.07) is 9.99. The largest absolute Gasteiger partial charge is 0.496 e. The quantitative estimate of drug-likeness (QED) is 0.677.